The zero-order chi connectivity index (χ0) is 13.1. The summed E-state index contributed by atoms with van der Waals surface area (Å²) in [5.41, 5.74) is 11.5. The van der Waals surface area contributed by atoms with Crippen molar-refractivity contribution in [1.82, 2.24) is 0 Å². The van der Waals surface area contributed by atoms with E-state index in [1.807, 2.05) is 11.3 Å². The maximum atomic E-state index is 5.95. The standard InChI is InChI=1S/C16H21NS/c1-11-7-12(2)15(13(3)8-11)9-14(10-17)16-5-4-6-18-16/h4-8,14H,9-10,17H2,1-3H3. The Labute approximate surface area is 114 Å². The summed E-state index contributed by atoms with van der Waals surface area (Å²) in [6, 6.07) is 8.84. The molecule has 2 N–H and O–H groups in total. The minimum atomic E-state index is 0.449. The summed E-state index contributed by atoms with van der Waals surface area (Å²) in [5.74, 6) is 0.449. The highest BCUT2D eigenvalue weighted by atomic mass is 32.1. The van der Waals surface area contributed by atoms with Crippen LogP contribution in [0.4, 0.5) is 0 Å². The van der Waals surface area contributed by atoms with E-state index in [-0.39, 0.29) is 0 Å². The smallest absolute Gasteiger partial charge is 0.00960 e. The number of rotatable bonds is 4. The van der Waals surface area contributed by atoms with Gasteiger partial charge in [0.15, 0.2) is 0 Å². The second kappa shape index (κ2) is 5.68. The predicted octanol–water partition coefficient (Wildman–Crippen LogP) is 3.96. The van der Waals surface area contributed by atoms with Crippen molar-refractivity contribution in [2.45, 2.75) is 33.1 Å². The molecule has 0 saturated heterocycles. The van der Waals surface area contributed by atoms with E-state index in [0.717, 1.165) is 6.42 Å². The normalized spacial score (nSPS) is 12.7. The van der Waals surface area contributed by atoms with E-state index in [1.165, 1.54) is 27.1 Å². The summed E-state index contributed by atoms with van der Waals surface area (Å²) in [7, 11) is 0. The number of hydrogen-bond acceptors (Lipinski definition) is 2. The molecule has 0 aliphatic heterocycles. The van der Waals surface area contributed by atoms with Crippen LogP contribution in [0.3, 0.4) is 0 Å². The fourth-order valence-electron chi connectivity index (χ4n) is 2.60. The summed E-state index contributed by atoms with van der Waals surface area (Å²) >= 11 is 1.81. The lowest BCUT2D eigenvalue weighted by Gasteiger charge is -2.17. The Morgan fingerprint density at radius 1 is 1.17 bits per heavy atom. The van der Waals surface area contributed by atoms with Gasteiger partial charge in [-0.2, -0.15) is 0 Å². The third kappa shape index (κ3) is 2.82. The average molecular weight is 259 g/mol. The van der Waals surface area contributed by atoms with E-state index in [9.17, 15) is 0 Å². The molecule has 0 aliphatic carbocycles. The van der Waals surface area contributed by atoms with Gasteiger partial charge >= 0.3 is 0 Å². The van der Waals surface area contributed by atoms with Gasteiger partial charge in [0.2, 0.25) is 0 Å². The Bertz CT molecular complexity index is 491. The van der Waals surface area contributed by atoms with Crippen molar-refractivity contribution in [1.29, 1.82) is 0 Å². The monoisotopic (exact) mass is 259 g/mol. The van der Waals surface area contributed by atoms with Gasteiger partial charge in [0, 0.05) is 17.3 Å². The van der Waals surface area contributed by atoms with Crippen LogP contribution < -0.4 is 5.73 Å². The number of hydrogen-bond donors (Lipinski definition) is 1. The molecule has 1 nitrogen and oxygen atoms in total. The summed E-state index contributed by atoms with van der Waals surface area (Å²) in [4.78, 5) is 1.40. The first-order valence-electron chi connectivity index (χ1n) is 6.42. The van der Waals surface area contributed by atoms with Crippen LogP contribution in [-0.2, 0) is 6.42 Å². The van der Waals surface area contributed by atoms with E-state index < -0.39 is 0 Å². The lowest BCUT2D eigenvalue weighted by molar-refractivity contribution is 0.701. The average Bonchev–Trinajstić information content (AvgIpc) is 2.81. The molecule has 0 bridgehead atoms. The van der Waals surface area contributed by atoms with Crippen molar-refractivity contribution in [3.05, 3.63) is 56.8 Å². The molecule has 0 fully saturated rings. The molecule has 1 aromatic carbocycles. The first-order valence-corrected chi connectivity index (χ1v) is 7.30. The third-order valence-electron chi connectivity index (χ3n) is 3.52. The SMILES string of the molecule is Cc1cc(C)c(CC(CN)c2cccs2)c(C)c1. The lowest BCUT2D eigenvalue weighted by atomic mass is 9.90. The summed E-state index contributed by atoms with van der Waals surface area (Å²) < 4.78 is 0. The largest absolute Gasteiger partial charge is 0.330 e. The van der Waals surface area contributed by atoms with Crippen LogP contribution in [0.1, 0.15) is 33.0 Å². The Balaban J connectivity index is 2.28. The topological polar surface area (TPSA) is 26.0 Å². The van der Waals surface area contributed by atoms with Crippen molar-refractivity contribution in [2.24, 2.45) is 5.73 Å². The van der Waals surface area contributed by atoms with E-state index in [0.29, 0.717) is 12.5 Å². The van der Waals surface area contributed by atoms with Gasteiger partial charge in [0.1, 0.15) is 0 Å². The van der Waals surface area contributed by atoms with Gasteiger partial charge < -0.3 is 5.73 Å². The zero-order valence-electron chi connectivity index (χ0n) is 11.4. The van der Waals surface area contributed by atoms with Crippen molar-refractivity contribution in [3.63, 3.8) is 0 Å². The van der Waals surface area contributed by atoms with Crippen LogP contribution in [-0.4, -0.2) is 6.54 Å². The number of thiophene rings is 1. The Kier molecular flexibility index (Phi) is 4.20. The zero-order valence-corrected chi connectivity index (χ0v) is 12.2. The number of aryl methyl sites for hydroxylation is 3. The van der Waals surface area contributed by atoms with Gasteiger partial charge in [-0.05, 0) is 55.3 Å². The molecule has 96 valence electrons. The molecular weight excluding hydrogens is 238 g/mol. The highest BCUT2D eigenvalue weighted by molar-refractivity contribution is 7.10. The molecule has 1 aromatic heterocycles. The van der Waals surface area contributed by atoms with Crippen LogP contribution in [0.25, 0.3) is 0 Å². The third-order valence-corrected chi connectivity index (χ3v) is 4.56. The van der Waals surface area contributed by atoms with Crippen molar-refractivity contribution in [3.8, 4) is 0 Å². The van der Waals surface area contributed by atoms with Crippen LogP contribution in [0.5, 0.6) is 0 Å². The van der Waals surface area contributed by atoms with E-state index in [1.54, 1.807) is 0 Å². The van der Waals surface area contributed by atoms with Crippen LogP contribution in [0.15, 0.2) is 29.6 Å². The van der Waals surface area contributed by atoms with Crippen LogP contribution in [0.2, 0.25) is 0 Å². The molecule has 0 radical (unpaired) electrons. The fourth-order valence-corrected chi connectivity index (χ4v) is 3.45. The molecule has 2 heteroatoms. The molecule has 0 saturated carbocycles. The van der Waals surface area contributed by atoms with Gasteiger partial charge in [0.25, 0.3) is 0 Å². The molecule has 1 atom stereocenters. The van der Waals surface area contributed by atoms with E-state index >= 15 is 0 Å². The lowest BCUT2D eigenvalue weighted by Crippen LogP contribution is -2.15. The second-order valence-electron chi connectivity index (χ2n) is 5.03. The molecule has 2 aromatic rings. The van der Waals surface area contributed by atoms with E-state index in [4.69, 9.17) is 5.73 Å². The summed E-state index contributed by atoms with van der Waals surface area (Å²) in [6.07, 6.45) is 1.05. The van der Waals surface area contributed by atoms with E-state index in [2.05, 4.69) is 50.4 Å². The molecule has 1 heterocycles. The number of benzene rings is 1. The highest BCUT2D eigenvalue weighted by Crippen LogP contribution is 2.27. The van der Waals surface area contributed by atoms with Crippen molar-refractivity contribution < 1.29 is 0 Å². The van der Waals surface area contributed by atoms with Crippen molar-refractivity contribution in [2.75, 3.05) is 6.54 Å². The molecule has 0 amide bonds. The molecule has 2 rings (SSSR count). The Morgan fingerprint density at radius 2 is 1.83 bits per heavy atom. The second-order valence-corrected chi connectivity index (χ2v) is 6.01. The van der Waals surface area contributed by atoms with Gasteiger partial charge in [-0.3, -0.25) is 0 Å². The molecular formula is C16H21NS. The van der Waals surface area contributed by atoms with Gasteiger partial charge in [-0.15, -0.1) is 11.3 Å². The maximum absolute atomic E-state index is 5.95. The molecule has 0 spiro atoms. The predicted molar refractivity (Wildman–Crippen MR) is 80.5 cm³/mol. The minimum Gasteiger partial charge on any atom is -0.330 e. The fraction of sp³-hybridized carbons (Fsp3) is 0.375. The highest BCUT2D eigenvalue weighted by Gasteiger charge is 2.14. The van der Waals surface area contributed by atoms with Gasteiger partial charge in [-0.1, -0.05) is 23.8 Å². The molecule has 1 unspecified atom stereocenters. The first-order chi connectivity index (χ1) is 8.61. The number of nitrogens with two attached hydrogens (primary N) is 1. The van der Waals surface area contributed by atoms with Crippen molar-refractivity contribution >= 4 is 11.3 Å². The van der Waals surface area contributed by atoms with Gasteiger partial charge in [-0.25, -0.2) is 0 Å². The quantitative estimate of drug-likeness (QED) is 0.883. The Hall–Kier alpha value is -1.12. The Morgan fingerprint density at radius 3 is 2.33 bits per heavy atom. The summed E-state index contributed by atoms with van der Waals surface area (Å²) in [5, 5.41) is 2.13. The molecule has 18 heavy (non-hydrogen) atoms. The first kappa shape index (κ1) is 13.3. The summed E-state index contributed by atoms with van der Waals surface area (Å²) in [6.45, 7) is 7.28. The maximum Gasteiger partial charge on any atom is 0.00960 e. The van der Waals surface area contributed by atoms with Crippen LogP contribution in [0, 0.1) is 20.8 Å². The van der Waals surface area contributed by atoms with Gasteiger partial charge in [0.05, 0.1) is 0 Å². The molecule has 0 aliphatic rings. The minimum absolute atomic E-state index is 0.449. The van der Waals surface area contributed by atoms with Crippen LogP contribution >= 0.6 is 11.3 Å².